The van der Waals surface area contributed by atoms with Gasteiger partial charge in [-0.3, -0.25) is 0 Å². The van der Waals surface area contributed by atoms with E-state index in [2.05, 4.69) is 4.98 Å². The molecule has 94 valence electrons. The number of nitrogens with zero attached hydrogens (tertiary/aromatic N) is 1. The maximum atomic E-state index is 11.1. The van der Waals surface area contributed by atoms with Crippen LogP contribution in [0.15, 0.2) is 22.6 Å². The van der Waals surface area contributed by atoms with Gasteiger partial charge in [0.15, 0.2) is 5.58 Å². The van der Waals surface area contributed by atoms with Crippen molar-refractivity contribution in [2.75, 3.05) is 6.61 Å². The largest absolute Gasteiger partial charge is 0.478 e. The third-order valence-electron chi connectivity index (χ3n) is 3.21. The average Bonchev–Trinajstić information content (AvgIpc) is 2.93. The summed E-state index contributed by atoms with van der Waals surface area (Å²) in [5, 5.41) is 9.09. The molecule has 5 heteroatoms. The molecule has 0 aliphatic carbocycles. The Morgan fingerprint density at radius 2 is 2.33 bits per heavy atom. The van der Waals surface area contributed by atoms with Crippen LogP contribution in [0.2, 0.25) is 0 Å². The molecule has 0 spiro atoms. The van der Waals surface area contributed by atoms with E-state index in [4.69, 9.17) is 14.3 Å². The lowest BCUT2D eigenvalue weighted by Gasteiger charge is -1.99. The smallest absolute Gasteiger partial charge is 0.338 e. The zero-order valence-corrected chi connectivity index (χ0v) is 9.92. The number of carboxylic acid groups (broad SMARTS) is 1. The van der Waals surface area contributed by atoms with E-state index in [-0.39, 0.29) is 17.6 Å². The van der Waals surface area contributed by atoms with Crippen LogP contribution in [0.4, 0.5) is 0 Å². The summed E-state index contributed by atoms with van der Waals surface area (Å²) in [4.78, 5) is 15.4. The van der Waals surface area contributed by atoms with E-state index in [0.29, 0.717) is 23.6 Å². The van der Waals surface area contributed by atoms with Crippen molar-refractivity contribution < 1.29 is 19.1 Å². The van der Waals surface area contributed by atoms with Gasteiger partial charge in [-0.25, -0.2) is 9.78 Å². The molecule has 1 aliphatic rings. The molecule has 1 fully saturated rings. The Bertz CT molecular complexity index is 604. The summed E-state index contributed by atoms with van der Waals surface area (Å²) in [6, 6.07) is 4.93. The van der Waals surface area contributed by atoms with Crippen molar-refractivity contribution in [1.82, 2.24) is 4.98 Å². The molecule has 0 bridgehead atoms. The maximum absolute atomic E-state index is 11.1. The van der Waals surface area contributed by atoms with E-state index in [1.807, 2.05) is 6.92 Å². The fraction of sp³-hybridized carbons (Fsp3) is 0.385. The molecule has 2 atom stereocenters. The third-order valence-corrected chi connectivity index (χ3v) is 3.21. The first-order chi connectivity index (χ1) is 8.65. The van der Waals surface area contributed by atoms with Crippen LogP contribution in [0.1, 0.15) is 35.5 Å². The Kier molecular flexibility index (Phi) is 2.56. The van der Waals surface area contributed by atoms with Gasteiger partial charge in [0.05, 0.1) is 24.2 Å². The molecule has 1 aromatic heterocycles. The minimum Gasteiger partial charge on any atom is -0.478 e. The first kappa shape index (κ1) is 11.2. The summed E-state index contributed by atoms with van der Waals surface area (Å²) >= 11 is 0. The van der Waals surface area contributed by atoms with Gasteiger partial charge < -0.3 is 14.3 Å². The predicted molar refractivity (Wildman–Crippen MR) is 63.7 cm³/mol. The number of carboxylic acids is 1. The van der Waals surface area contributed by atoms with E-state index >= 15 is 0 Å². The normalized spacial score (nSPS) is 23.6. The first-order valence-corrected chi connectivity index (χ1v) is 5.89. The Morgan fingerprint density at radius 3 is 3.00 bits per heavy atom. The van der Waals surface area contributed by atoms with Crippen LogP contribution in [0.25, 0.3) is 11.1 Å². The highest BCUT2D eigenvalue weighted by atomic mass is 16.5. The minimum atomic E-state index is -0.989. The van der Waals surface area contributed by atoms with Gasteiger partial charge in [-0.05, 0) is 25.5 Å². The lowest BCUT2D eigenvalue weighted by Crippen LogP contribution is -1.99. The molecule has 0 radical (unpaired) electrons. The lowest BCUT2D eigenvalue weighted by atomic mass is 10.1. The van der Waals surface area contributed by atoms with E-state index < -0.39 is 5.97 Å². The van der Waals surface area contributed by atoms with Gasteiger partial charge in [0.1, 0.15) is 5.52 Å². The molecule has 5 nitrogen and oxygen atoms in total. The Hall–Kier alpha value is -1.88. The minimum absolute atomic E-state index is 0.119. The second kappa shape index (κ2) is 4.10. The van der Waals surface area contributed by atoms with Crippen molar-refractivity contribution in [2.24, 2.45) is 0 Å². The maximum Gasteiger partial charge on any atom is 0.338 e. The fourth-order valence-electron chi connectivity index (χ4n) is 2.30. The zero-order chi connectivity index (χ0) is 12.7. The summed E-state index contributed by atoms with van der Waals surface area (Å²) in [6.07, 6.45) is 1.05. The van der Waals surface area contributed by atoms with Crippen LogP contribution in [-0.2, 0) is 4.74 Å². The molecule has 1 N–H and O–H groups in total. The Balaban J connectivity index is 2.05. The molecule has 3 rings (SSSR count). The molecule has 18 heavy (non-hydrogen) atoms. The summed E-state index contributed by atoms with van der Waals surface area (Å²) < 4.78 is 11.1. The van der Waals surface area contributed by atoms with E-state index in [9.17, 15) is 4.79 Å². The monoisotopic (exact) mass is 247 g/mol. The van der Waals surface area contributed by atoms with E-state index in [1.165, 1.54) is 6.07 Å². The number of fused-ring (bicyclic) bond motifs is 1. The van der Waals surface area contributed by atoms with Crippen LogP contribution >= 0.6 is 0 Å². The molecule has 1 saturated heterocycles. The average molecular weight is 247 g/mol. The first-order valence-electron chi connectivity index (χ1n) is 5.89. The predicted octanol–water partition coefficient (Wildman–Crippen LogP) is 2.42. The van der Waals surface area contributed by atoms with E-state index in [0.717, 1.165) is 6.42 Å². The molecule has 0 saturated carbocycles. The number of hydrogen-bond acceptors (Lipinski definition) is 4. The van der Waals surface area contributed by atoms with Crippen molar-refractivity contribution in [2.45, 2.75) is 25.4 Å². The van der Waals surface area contributed by atoms with Crippen molar-refractivity contribution in [1.29, 1.82) is 0 Å². The molecular formula is C13H13NO4. The highest BCUT2D eigenvalue weighted by Crippen LogP contribution is 2.31. The van der Waals surface area contributed by atoms with Crippen LogP contribution in [0, 0.1) is 0 Å². The zero-order valence-electron chi connectivity index (χ0n) is 9.92. The van der Waals surface area contributed by atoms with Crippen molar-refractivity contribution >= 4 is 17.1 Å². The standard InChI is InChI=1S/C13H13NO4/c1-7-5-8(6-17-7)12-14-11-9(13(15)16)3-2-4-10(11)18-12/h2-4,7-8H,5-6H2,1H3,(H,15,16). The Labute approximate surface area is 103 Å². The fourth-order valence-corrected chi connectivity index (χ4v) is 2.30. The number of para-hydroxylation sites is 1. The summed E-state index contributed by atoms with van der Waals surface area (Å²) in [5.41, 5.74) is 1.11. The molecule has 2 unspecified atom stereocenters. The van der Waals surface area contributed by atoms with Crippen LogP contribution in [-0.4, -0.2) is 28.8 Å². The topological polar surface area (TPSA) is 72.6 Å². The van der Waals surface area contributed by atoms with Crippen LogP contribution in [0.3, 0.4) is 0 Å². The SMILES string of the molecule is CC1CC(c2nc3c(C(=O)O)cccc3o2)CO1. The lowest BCUT2D eigenvalue weighted by molar-refractivity contribution is 0.0699. The number of carbonyl (C=O) groups is 1. The number of aromatic nitrogens is 1. The van der Waals surface area contributed by atoms with Crippen molar-refractivity contribution in [3.63, 3.8) is 0 Å². The van der Waals surface area contributed by atoms with Gasteiger partial charge in [0, 0.05) is 0 Å². The molecule has 0 amide bonds. The Morgan fingerprint density at radius 1 is 1.50 bits per heavy atom. The van der Waals surface area contributed by atoms with Gasteiger partial charge in [-0.2, -0.15) is 0 Å². The third kappa shape index (κ3) is 1.76. The van der Waals surface area contributed by atoms with Gasteiger partial charge in [0.2, 0.25) is 5.89 Å². The molecular weight excluding hydrogens is 234 g/mol. The van der Waals surface area contributed by atoms with Gasteiger partial charge in [0.25, 0.3) is 0 Å². The van der Waals surface area contributed by atoms with Gasteiger partial charge in [-0.15, -0.1) is 0 Å². The number of hydrogen-bond donors (Lipinski definition) is 1. The van der Waals surface area contributed by atoms with Crippen molar-refractivity contribution in [3.8, 4) is 0 Å². The van der Waals surface area contributed by atoms with Crippen LogP contribution in [0.5, 0.6) is 0 Å². The van der Waals surface area contributed by atoms with Crippen LogP contribution < -0.4 is 0 Å². The number of benzene rings is 1. The number of aromatic carboxylic acids is 1. The van der Waals surface area contributed by atoms with Gasteiger partial charge in [-0.1, -0.05) is 6.07 Å². The second-order valence-corrected chi connectivity index (χ2v) is 4.59. The summed E-state index contributed by atoms with van der Waals surface area (Å²) in [7, 11) is 0. The number of oxazole rings is 1. The molecule has 1 aromatic carbocycles. The molecule has 2 aromatic rings. The number of rotatable bonds is 2. The van der Waals surface area contributed by atoms with Crippen molar-refractivity contribution in [3.05, 3.63) is 29.7 Å². The molecule has 2 heterocycles. The number of ether oxygens (including phenoxy) is 1. The summed E-state index contributed by atoms with van der Waals surface area (Å²) in [5.74, 6) is -0.298. The van der Waals surface area contributed by atoms with Gasteiger partial charge >= 0.3 is 5.97 Å². The summed E-state index contributed by atoms with van der Waals surface area (Å²) in [6.45, 7) is 2.59. The highest BCUT2D eigenvalue weighted by molar-refractivity contribution is 6.00. The second-order valence-electron chi connectivity index (χ2n) is 4.59. The molecule has 1 aliphatic heterocycles. The van der Waals surface area contributed by atoms with E-state index in [1.54, 1.807) is 12.1 Å². The highest BCUT2D eigenvalue weighted by Gasteiger charge is 2.28. The quantitative estimate of drug-likeness (QED) is 0.882.